The van der Waals surface area contributed by atoms with Gasteiger partial charge in [0.05, 0.1) is 22.1 Å². The SMILES string of the molecule is Oc1ccc2nc(CCc3nc4ccc(O)cc4[nH]3)[nH]c2c1. The number of benzene rings is 2. The molecule has 6 heteroatoms. The minimum absolute atomic E-state index is 0.222. The van der Waals surface area contributed by atoms with E-state index in [2.05, 4.69) is 19.9 Å². The number of phenolic OH excluding ortho intramolecular Hbond substituents is 2. The monoisotopic (exact) mass is 294 g/mol. The fourth-order valence-corrected chi connectivity index (χ4v) is 2.57. The molecule has 4 rings (SSSR count). The Kier molecular flexibility index (Phi) is 2.75. The molecule has 0 radical (unpaired) electrons. The maximum Gasteiger partial charge on any atom is 0.117 e. The van der Waals surface area contributed by atoms with Crippen molar-refractivity contribution in [1.82, 2.24) is 19.9 Å². The molecule has 0 unspecified atom stereocenters. The molecule has 4 aromatic rings. The highest BCUT2D eigenvalue weighted by atomic mass is 16.3. The second-order valence-corrected chi connectivity index (χ2v) is 5.27. The molecule has 0 saturated heterocycles. The fraction of sp³-hybridized carbons (Fsp3) is 0.125. The summed E-state index contributed by atoms with van der Waals surface area (Å²) < 4.78 is 0. The van der Waals surface area contributed by atoms with Crippen molar-refractivity contribution < 1.29 is 10.2 Å². The predicted octanol–water partition coefficient (Wildman–Crippen LogP) is 2.64. The van der Waals surface area contributed by atoms with Crippen LogP contribution in [0.5, 0.6) is 11.5 Å². The van der Waals surface area contributed by atoms with E-state index in [0.717, 1.165) is 33.7 Å². The smallest absolute Gasteiger partial charge is 0.117 e. The number of nitrogens with zero attached hydrogens (tertiary/aromatic N) is 2. The van der Waals surface area contributed by atoms with Crippen LogP contribution in [-0.4, -0.2) is 30.1 Å². The van der Waals surface area contributed by atoms with E-state index in [1.807, 2.05) is 0 Å². The van der Waals surface area contributed by atoms with Crippen molar-refractivity contribution in [2.45, 2.75) is 12.8 Å². The number of fused-ring (bicyclic) bond motifs is 2. The first-order chi connectivity index (χ1) is 10.7. The number of rotatable bonds is 3. The van der Waals surface area contributed by atoms with Gasteiger partial charge in [0.25, 0.3) is 0 Å². The van der Waals surface area contributed by atoms with Crippen molar-refractivity contribution in [3.05, 3.63) is 48.0 Å². The number of aryl methyl sites for hydroxylation is 2. The van der Waals surface area contributed by atoms with Gasteiger partial charge in [-0.1, -0.05) is 0 Å². The molecule has 4 N–H and O–H groups in total. The van der Waals surface area contributed by atoms with Crippen LogP contribution < -0.4 is 0 Å². The van der Waals surface area contributed by atoms with E-state index < -0.39 is 0 Å². The minimum atomic E-state index is 0.222. The number of hydrogen-bond acceptors (Lipinski definition) is 4. The van der Waals surface area contributed by atoms with Gasteiger partial charge in [-0.25, -0.2) is 9.97 Å². The Bertz CT molecular complexity index is 891. The molecule has 0 saturated carbocycles. The van der Waals surface area contributed by atoms with Crippen LogP contribution in [0.25, 0.3) is 22.1 Å². The van der Waals surface area contributed by atoms with Gasteiger partial charge in [0, 0.05) is 25.0 Å². The number of aromatic nitrogens is 4. The fourth-order valence-electron chi connectivity index (χ4n) is 2.57. The van der Waals surface area contributed by atoms with Crippen molar-refractivity contribution in [3.8, 4) is 11.5 Å². The van der Waals surface area contributed by atoms with Crippen LogP contribution in [0.1, 0.15) is 11.6 Å². The molecule has 0 atom stereocenters. The largest absolute Gasteiger partial charge is 0.508 e. The molecular formula is C16H14N4O2. The summed E-state index contributed by atoms with van der Waals surface area (Å²) in [6.45, 7) is 0. The van der Waals surface area contributed by atoms with E-state index in [1.54, 1.807) is 36.4 Å². The van der Waals surface area contributed by atoms with Gasteiger partial charge < -0.3 is 20.2 Å². The number of H-pyrrole nitrogens is 2. The summed E-state index contributed by atoms with van der Waals surface area (Å²) in [5.41, 5.74) is 3.32. The van der Waals surface area contributed by atoms with Crippen LogP contribution in [0.3, 0.4) is 0 Å². The van der Waals surface area contributed by atoms with Gasteiger partial charge in [-0.15, -0.1) is 0 Å². The van der Waals surface area contributed by atoms with Crippen molar-refractivity contribution in [2.75, 3.05) is 0 Å². The second-order valence-electron chi connectivity index (χ2n) is 5.27. The lowest BCUT2D eigenvalue weighted by Gasteiger charge is -1.93. The third-order valence-electron chi connectivity index (χ3n) is 3.63. The molecule has 0 amide bonds. The Morgan fingerprint density at radius 2 is 1.18 bits per heavy atom. The van der Waals surface area contributed by atoms with Crippen molar-refractivity contribution >= 4 is 22.1 Å². The summed E-state index contributed by atoms with van der Waals surface area (Å²) >= 11 is 0. The predicted molar refractivity (Wildman–Crippen MR) is 82.9 cm³/mol. The van der Waals surface area contributed by atoms with Crippen molar-refractivity contribution in [3.63, 3.8) is 0 Å². The van der Waals surface area contributed by atoms with Gasteiger partial charge in [-0.2, -0.15) is 0 Å². The lowest BCUT2D eigenvalue weighted by molar-refractivity contribution is 0.475. The van der Waals surface area contributed by atoms with Gasteiger partial charge in [0.1, 0.15) is 23.1 Å². The Morgan fingerprint density at radius 1 is 0.727 bits per heavy atom. The first-order valence-electron chi connectivity index (χ1n) is 7.02. The Morgan fingerprint density at radius 3 is 1.64 bits per heavy atom. The molecule has 22 heavy (non-hydrogen) atoms. The summed E-state index contributed by atoms with van der Waals surface area (Å²) in [6, 6.07) is 10.1. The van der Waals surface area contributed by atoms with Crippen molar-refractivity contribution in [1.29, 1.82) is 0 Å². The number of nitrogens with one attached hydrogen (secondary N) is 2. The first-order valence-corrected chi connectivity index (χ1v) is 7.02. The third-order valence-corrected chi connectivity index (χ3v) is 3.63. The maximum absolute atomic E-state index is 9.47. The Balaban J connectivity index is 1.56. The number of aromatic amines is 2. The van der Waals surface area contributed by atoms with Gasteiger partial charge in [0.15, 0.2) is 0 Å². The number of phenols is 2. The summed E-state index contributed by atoms with van der Waals surface area (Å²) in [4.78, 5) is 15.4. The second kappa shape index (κ2) is 4.77. The summed E-state index contributed by atoms with van der Waals surface area (Å²) in [7, 11) is 0. The lowest BCUT2D eigenvalue weighted by atomic mass is 10.3. The van der Waals surface area contributed by atoms with Gasteiger partial charge in [0.2, 0.25) is 0 Å². The summed E-state index contributed by atoms with van der Waals surface area (Å²) in [5.74, 6) is 2.15. The number of hydrogen-bond donors (Lipinski definition) is 4. The Hall–Kier alpha value is -3.02. The third kappa shape index (κ3) is 2.24. The highest BCUT2D eigenvalue weighted by Crippen LogP contribution is 2.20. The molecule has 110 valence electrons. The average Bonchev–Trinajstić information content (AvgIpc) is 3.07. The molecule has 2 aromatic carbocycles. The minimum Gasteiger partial charge on any atom is -0.508 e. The normalized spacial score (nSPS) is 11.5. The van der Waals surface area contributed by atoms with Gasteiger partial charge in [-0.3, -0.25) is 0 Å². The zero-order valence-electron chi connectivity index (χ0n) is 11.7. The van der Waals surface area contributed by atoms with Crippen LogP contribution in [0, 0.1) is 0 Å². The van der Waals surface area contributed by atoms with E-state index in [1.165, 1.54) is 0 Å². The number of aromatic hydroxyl groups is 2. The van der Waals surface area contributed by atoms with E-state index in [9.17, 15) is 10.2 Å². The average molecular weight is 294 g/mol. The van der Waals surface area contributed by atoms with Crippen molar-refractivity contribution in [2.24, 2.45) is 0 Å². The maximum atomic E-state index is 9.47. The summed E-state index contributed by atoms with van der Waals surface area (Å²) in [5, 5.41) is 18.9. The highest BCUT2D eigenvalue weighted by Gasteiger charge is 2.07. The lowest BCUT2D eigenvalue weighted by Crippen LogP contribution is -1.95. The topological polar surface area (TPSA) is 97.8 Å². The van der Waals surface area contributed by atoms with E-state index >= 15 is 0 Å². The van der Waals surface area contributed by atoms with E-state index in [-0.39, 0.29) is 11.5 Å². The molecule has 0 bridgehead atoms. The number of imidazole rings is 2. The molecule has 0 aliphatic rings. The molecule has 0 fully saturated rings. The van der Waals surface area contributed by atoms with Crippen LogP contribution in [0.15, 0.2) is 36.4 Å². The highest BCUT2D eigenvalue weighted by molar-refractivity contribution is 5.77. The van der Waals surface area contributed by atoms with Crippen LogP contribution in [0.2, 0.25) is 0 Å². The van der Waals surface area contributed by atoms with Crippen LogP contribution in [-0.2, 0) is 12.8 Å². The molecule has 0 aliphatic carbocycles. The zero-order chi connectivity index (χ0) is 15.1. The van der Waals surface area contributed by atoms with Crippen LogP contribution in [0.4, 0.5) is 0 Å². The van der Waals surface area contributed by atoms with Crippen LogP contribution >= 0.6 is 0 Å². The molecular weight excluding hydrogens is 280 g/mol. The molecule has 0 spiro atoms. The molecule has 6 nitrogen and oxygen atoms in total. The van der Waals surface area contributed by atoms with Gasteiger partial charge >= 0.3 is 0 Å². The van der Waals surface area contributed by atoms with E-state index in [4.69, 9.17) is 0 Å². The molecule has 2 aromatic heterocycles. The quantitative estimate of drug-likeness (QED) is 0.467. The first kappa shape index (κ1) is 12.7. The molecule has 2 heterocycles. The van der Waals surface area contributed by atoms with E-state index in [0.29, 0.717) is 12.8 Å². The zero-order valence-corrected chi connectivity index (χ0v) is 11.7. The molecule has 0 aliphatic heterocycles. The standard InChI is InChI=1S/C16H14N4O2/c21-9-1-3-11-13(7-9)19-15(17-11)5-6-16-18-12-4-2-10(22)8-14(12)20-16/h1-4,7-8,21-22H,5-6H2,(H,17,19)(H,18,20). The summed E-state index contributed by atoms with van der Waals surface area (Å²) in [6.07, 6.45) is 1.42. The van der Waals surface area contributed by atoms with Gasteiger partial charge in [-0.05, 0) is 24.3 Å². The Labute approximate surface area is 125 Å².